The maximum absolute atomic E-state index is 13.1. The average Bonchev–Trinajstić information content (AvgIpc) is 3.46. The van der Waals surface area contributed by atoms with Crippen molar-refractivity contribution in [2.24, 2.45) is 7.05 Å². The van der Waals surface area contributed by atoms with Crippen molar-refractivity contribution in [2.45, 2.75) is 18.8 Å². The van der Waals surface area contributed by atoms with Crippen LogP contribution in [0.2, 0.25) is 0 Å². The van der Waals surface area contributed by atoms with E-state index in [0.29, 0.717) is 11.4 Å². The second kappa shape index (κ2) is 6.83. The van der Waals surface area contributed by atoms with Crippen LogP contribution in [0, 0.1) is 0 Å². The highest BCUT2D eigenvalue weighted by Gasteiger charge is 2.29. The van der Waals surface area contributed by atoms with Gasteiger partial charge in [-0.3, -0.25) is 13.9 Å². The van der Waals surface area contributed by atoms with Crippen LogP contribution in [0.25, 0.3) is 16.2 Å². The van der Waals surface area contributed by atoms with Gasteiger partial charge in [-0.15, -0.1) is 21.5 Å². The highest BCUT2D eigenvalue weighted by Crippen LogP contribution is 2.29. The van der Waals surface area contributed by atoms with Crippen LogP contribution in [-0.4, -0.2) is 53.3 Å². The third-order valence-electron chi connectivity index (χ3n) is 5.08. The molecule has 142 valence electrons. The van der Waals surface area contributed by atoms with Gasteiger partial charge in [-0.25, -0.2) is 4.98 Å². The summed E-state index contributed by atoms with van der Waals surface area (Å²) in [5.41, 5.74) is 1.77. The molecule has 0 N–H and O–H groups in total. The number of hydrogen-bond donors (Lipinski definition) is 0. The van der Waals surface area contributed by atoms with Crippen LogP contribution in [0.5, 0.6) is 0 Å². The first kappa shape index (κ1) is 17.1. The number of thiazole rings is 1. The second-order valence-electron chi connectivity index (χ2n) is 7.01. The Labute approximate surface area is 165 Å². The lowest BCUT2D eigenvalue weighted by Crippen LogP contribution is -2.39. The van der Waals surface area contributed by atoms with Crippen LogP contribution < -0.4 is 0 Å². The monoisotopic (exact) mass is 393 g/mol. The van der Waals surface area contributed by atoms with E-state index < -0.39 is 0 Å². The van der Waals surface area contributed by atoms with Crippen molar-refractivity contribution in [1.82, 2.24) is 34.3 Å². The van der Waals surface area contributed by atoms with Gasteiger partial charge in [0.25, 0.3) is 5.91 Å². The van der Waals surface area contributed by atoms with Gasteiger partial charge in [-0.05, 0) is 25.0 Å². The Bertz CT molecular complexity index is 1140. The number of carbonyl (C=O) groups excluding carboxylic acids is 1. The van der Waals surface area contributed by atoms with Gasteiger partial charge in [0.1, 0.15) is 15.7 Å². The van der Waals surface area contributed by atoms with E-state index in [1.165, 1.54) is 11.3 Å². The molecule has 4 aromatic rings. The van der Waals surface area contributed by atoms with Crippen LogP contribution in [0.4, 0.5) is 0 Å². The first-order chi connectivity index (χ1) is 13.7. The molecule has 0 radical (unpaired) electrons. The molecule has 0 saturated carbocycles. The molecule has 0 unspecified atom stereocenters. The standard InChI is InChI=1S/C19H19N7OS/c1-24-11-14(9-21-24)18-20-10-15(28-18)19(27)25-7-4-5-13(12-25)17-23-22-16-6-2-3-8-26(16)17/h2-3,6,8-11,13H,4-5,7,12H2,1H3/t13-/m0/s1. The van der Waals surface area contributed by atoms with Gasteiger partial charge >= 0.3 is 0 Å². The topological polar surface area (TPSA) is 81.2 Å². The Morgan fingerprint density at radius 1 is 1.25 bits per heavy atom. The fraction of sp³-hybridized carbons (Fsp3) is 0.316. The van der Waals surface area contributed by atoms with Crippen LogP contribution in [0.15, 0.2) is 43.0 Å². The molecule has 0 bridgehead atoms. The summed E-state index contributed by atoms with van der Waals surface area (Å²) in [6.45, 7) is 1.40. The molecule has 1 atom stereocenters. The van der Waals surface area contributed by atoms with Crippen molar-refractivity contribution in [3.8, 4) is 10.6 Å². The first-order valence-corrected chi connectivity index (χ1v) is 10.0. The minimum atomic E-state index is 0.0335. The predicted molar refractivity (Wildman–Crippen MR) is 105 cm³/mol. The number of rotatable bonds is 3. The number of carbonyl (C=O) groups is 1. The zero-order chi connectivity index (χ0) is 19.1. The largest absolute Gasteiger partial charge is 0.337 e. The molecule has 9 heteroatoms. The molecule has 0 aromatic carbocycles. The minimum Gasteiger partial charge on any atom is -0.337 e. The molecule has 4 aromatic heterocycles. The molecule has 1 aliphatic heterocycles. The number of amides is 1. The predicted octanol–water partition coefficient (Wildman–Crippen LogP) is 2.61. The molecule has 0 aliphatic carbocycles. The summed E-state index contributed by atoms with van der Waals surface area (Å²) < 4.78 is 3.75. The van der Waals surface area contributed by atoms with E-state index in [2.05, 4.69) is 20.3 Å². The summed E-state index contributed by atoms with van der Waals surface area (Å²) in [7, 11) is 1.87. The van der Waals surface area contributed by atoms with E-state index >= 15 is 0 Å². The van der Waals surface area contributed by atoms with E-state index in [1.807, 2.05) is 46.9 Å². The lowest BCUT2D eigenvalue weighted by Gasteiger charge is -2.31. The normalized spacial score (nSPS) is 17.3. The Morgan fingerprint density at radius 3 is 3.04 bits per heavy atom. The molecule has 1 fully saturated rings. The summed E-state index contributed by atoms with van der Waals surface area (Å²) >= 11 is 1.41. The van der Waals surface area contributed by atoms with Crippen molar-refractivity contribution in [1.29, 1.82) is 0 Å². The number of fused-ring (bicyclic) bond motifs is 1. The van der Waals surface area contributed by atoms with Gasteiger partial charge in [0.05, 0.1) is 12.4 Å². The summed E-state index contributed by atoms with van der Waals surface area (Å²) in [5.74, 6) is 1.14. The Morgan fingerprint density at radius 2 is 2.18 bits per heavy atom. The van der Waals surface area contributed by atoms with E-state index in [9.17, 15) is 4.79 Å². The fourth-order valence-electron chi connectivity index (χ4n) is 3.70. The molecule has 28 heavy (non-hydrogen) atoms. The molecular weight excluding hydrogens is 374 g/mol. The minimum absolute atomic E-state index is 0.0335. The van der Waals surface area contributed by atoms with Crippen molar-refractivity contribution in [3.05, 3.63) is 53.7 Å². The third-order valence-corrected chi connectivity index (χ3v) is 6.12. The summed E-state index contributed by atoms with van der Waals surface area (Å²) in [4.78, 5) is 20.1. The molecule has 5 heterocycles. The van der Waals surface area contributed by atoms with Crippen LogP contribution in [-0.2, 0) is 7.05 Å². The van der Waals surface area contributed by atoms with Gasteiger partial charge in [0.2, 0.25) is 0 Å². The van der Waals surface area contributed by atoms with Gasteiger partial charge in [0.15, 0.2) is 5.65 Å². The average molecular weight is 393 g/mol. The SMILES string of the molecule is Cn1cc(-c2ncc(C(=O)N3CCC[C@H](c4nnc5ccccn45)C3)s2)cn1. The fourth-order valence-corrected chi connectivity index (χ4v) is 4.56. The second-order valence-corrected chi connectivity index (χ2v) is 8.04. The highest BCUT2D eigenvalue weighted by molar-refractivity contribution is 7.16. The number of likely N-dealkylation sites (tertiary alicyclic amines) is 1. The van der Waals surface area contributed by atoms with E-state index in [4.69, 9.17) is 0 Å². The molecule has 5 rings (SSSR count). The first-order valence-electron chi connectivity index (χ1n) is 9.23. The zero-order valence-electron chi connectivity index (χ0n) is 15.4. The van der Waals surface area contributed by atoms with E-state index in [1.54, 1.807) is 17.1 Å². The van der Waals surface area contributed by atoms with Crippen molar-refractivity contribution in [2.75, 3.05) is 13.1 Å². The molecule has 8 nitrogen and oxygen atoms in total. The number of aromatic nitrogens is 6. The van der Waals surface area contributed by atoms with Crippen molar-refractivity contribution < 1.29 is 4.79 Å². The Hall–Kier alpha value is -3.07. The number of piperidine rings is 1. The van der Waals surface area contributed by atoms with E-state index in [-0.39, 0.29) is 11.8 Å². The van der Waals surface area contributed by atoms with Gasteiger partial charge < -0.3 is 4.90 Å². The van der Waals surface area contributed by atoms with Gasteiger partial charge in [-0.1, -0.05) is 6.07 Å². The lowest BCUT2D eigenvalue weighted by molar-refractivity contribution is 0.0709. The maximum Gasteiger partial charge on any atom is 0.265 e. The number of pyridine rings is 1. The molecule has 0 spiro atoms. The molecular formula is C19H19N7OS. The van der Waals surface area contributed by atoms with E-state index in [0.717, 1.165) is 41.4 Å². The van der Waals surface area contributed by atoms with Crippen molar-refractivity contribution in [3.63, 3.8) is 0 Å². The Kier molecular flexibility index (Phi) is 4.16. The number of aryl methyl sites for hydroxylation is 1. The quantitative estimate of drug-likeness (QED) is 0.534. The summed E-state index contributed by atoms with van der Waals surface area (Å²) in [6, 6.07) is 5.87. The lowest BCUT2D eigenvalue weighted by atomic mass is 9.97. The number of hydrogen-bond acceptors (Lipinski definition) is 6. The smallest absolute Gasteiger partial charge is 0.265 e. The summed E-state index contributed by atoms with van der Waals surface area (Å²) in [6.07, 6.45) is 9.27. The number of nitrogens with zero attached hydrogens (tertiary/aromatic N) is 7. The third kappa shape index (κ3) is 2.97. The molecule has 1 amide bonds. The maximum atomic E-state index is 13.1. The molecule has 1 aliphatic rings. The van der Waals surface area contributed by atoms with Crippen LogP contribution >= 0.6 is 11.3 Å². The van der Waals surface area contributed by atoms with Gasteiger partial charge in [0, 0.05) is 44.0 Å². The molecule has 1 saturated heterocycles. The summed E-state index contributed by atoms with van der Waals surface area (Å²) in [5, 5.41) is 13.6. The Balaban J connectivity index is 1.36. The van der Waals surface area contributed by atoms with Crippen molar-refractivity contribution >= 4 is 22.9 Å². The van der Waals surface area contributed by atoms with Gasteiger partial charge in [-0.2, -0.15) is 5.10 Å². The van der Waals surface area contributed by atoms with Crippen LogP contribution in [0.3, 0.4) is 0 Å². The zero-order valence-corrected chi connectivity index (χ0v) is 16.2. The van der Waals surface area contributed by atoms with Crippen LogP contribution in [0.1, 0.15) is 34.3 Å². The highest BCUT2D eigenvalue weighted by atomic mass is 32.1.